The summed E-state index contributed by atoms with van der Waals surface area (Å²) in [6.07, 6.45) is 7.42. The zero-order valence-corrected chi connectivity index (χ0v) is 15.7. The van der Waals surface area contributed by atoms with Crippen molar-refractivity contribution in [3.05, 3.63) is 35.9 Å². The molecule has 2 N–H and O–H groups in total. The molecule has 1 aromatic rings. The Hall–Kier alpha value is -1.59. The fourth-order valence-corrected chi connectivity index (χ4v) is 4.46. The zero-order valence-electron chi connectivity index (χ0n) is 15.7. The summed E-state index contributed by atoms with van der Waals surface area (Å²) >= 11 is 0. The maximum Gasteiger partial charge on any atom is 0.315 e. The van der Waals surface area contributed by atoms with Gasteiger partial charge in [0.25, 0.3) is 0 Å². The maximum absolute atomic E-state index is 12.4. The van der Waals surface area contributed by atoms with Crippen LogP contribution in [0.4, 0.5) is 4.79 Å². The predicted molar refractivity (Wildman–Crippen MR) is 104 cm³/mol. The van der Waals surface area contributed by atoms with Gasteiger partial charge >= 0.3 is 6.03 Å². The molecule has 3 fully saturated rings. The molecule has 0 radical (unpaired) electrons. The Bertz CT molecular complexity index is 575. The highest BCUT2D eigenvalue weighted by Gasteiger charge is 2.32. The van der Waals surface area contributed by atoms with Crippen molar-refractivity contribution in [3.8, 4) is 0 Å². The van der Waals surface area contributed by atoms with E-state index in [1.54, 1.807) is 0 Å². The standard InChI is InChI=1S/C21H32N4O/c26-21(23-18-10-14-24(15-11-18)19-8-9-19)22-16-20(25-12-4-5-13-25)17-6-2-1-3-7-17/h1-3,6-7,18-20H,4-5,8-16H2,(H2,22,23,26). The minimum absolute atomic E-state index is 0.00463. The molecular formula is C21H32N4O. The summed E-state index contributed by atoms with van der Waals surface area (Å²) < 4.78 is 0. The van der Waals surface area contributed by atoms with Gasteiger partial charge in [-0.25, -0.2) is 4.79 Å². The van der Waals surface area contributed by atoms with Crippen LogP contribution in [0.25, 0.3) is 0 Å². The van der Waals surface area contributed by atoms with Gasteiger partial charge in [-0.1, -0.05) is 30.3 Å². The van der Waals surface area contributed by atoms with Crippen molar-refractivity contribution in [2.75, 3.05) is 32.7 Å². The fraction of sp³-hybridized carbons (Fsp3) is 0.667. The first kappa shape index (κ1) is 17.8. The van der Waals surface area contributed by atoms with Crippen molar-refractivity contribution in [1.29, 1.82) is 0 Å². The summed E-state index contributed by atoms with van der Waals surface area (Å²) in [5.41, 5.74) is 1.30. The van der Waals surface area contributed by atoms with E-state index in [0.29, 0.717) is 12.6 Å². The molecule has 1 atom stereocenters. The summed E-state index contributed by atoms with van der Waals surface area (Å²) in [7, 11) is 0. The molecule has 5 nitrogen and oxygen atoms in total. The molecule has 2 amide bonds. The van der Waals surface area contributed by atoms with E-state index in [0.717, 1.165) is 45.1 Å². The third-order valence-electron chi connectivity index (χ3n) is 6.15. The maximum atomic E-state index is 12.4. The summed E-state index contributed by atoms with van der Waals surface area (Å²) in [5, 5.41) is 6.35. The van der Waals surface area contributed by atoms with Crippen LogP contribution in [-0.2, 0) is 0 Å². The number of hydrogen-bond acceptors (Lipinski definition) is 3. The largest absolute Gasteiger partial charge is 0.336 e. The van der Waals surface area contributed by atoms with Gasteiger partial charge in [-0.3, -0.25) is 4.90 Å². The van der Waals surface area contributed by atoms with Crippen molar-refractivity contribution in [2.45, 2.75) is 56.7 Å². The van der Waals surface area contributed by atoms with E-state index in [-0.39, 0.29) is 12.1 Å². The highest BCUT2D eigenvalue weighted by molar-refractivity contribution is 5.74. The van der Waals surface area contributed by atoms with Gasteiger partial charge < -0.3 is 15.5 Å². The number of urea groups is 1. The number of rotatable bonds is 6. The SMILES string of the molecule is O=C(NCC(c1ccccc1)N1CCCC1)NC1CCN(C2CC2)CC1. The topological polar surface area (TPSA) is 47.6 Å². The van der Waals surface area contributed by atoms with Crippen LogP contribution >= 0.6 is 0 Å². The number of nitrogens with one attached hydrogen (secondary N) is 2. The Kier molecular flexibility index (Phi) is 5.75. The van der Waals surface area contributed by atoms with Crippen molar-refractivity contribution < 1.29 is 4.79 Å². The molecule has 1 aromatic carbocycles. The molecule has 2 heterocycles. The Balaban J connectivity index is 1.26. The molecule has 0 aromatic heterocycles. The second-order valence-corrected chi connectivity index (χ2v) is 8.07. The average Bonchev–Trinajstić information content (AvgIpc) is 3.39. The van der Waals surface area contributed by atoms with Gasteiger partial charge in [0.05, 0.1) is 6.04 Å². The normalized spacial score (nSPS) is 23.7. The number of carbonyl (C=O) groups is 1. The highest BCUT2D eigenvalue weighted by atomic mass is 16.2. The van der Waals surface area contributed by atoms with Gasteiger partial charge in [0.2, 0.25) is 0 Å². The van der Waals surface area contributed by atoms with Crippen LogP contribution in [0, 0.1) is 0 Å². The van der Waals surface area contributed by atoms with Crippen LogP contribution in [0.5, 0.6) is 0 Å². The molecule has 2 saturated heterocycles. The first-order valence-electron chi connectivity index (χ1n) is 10.4. The van der Waals surface area contributed by atoms with Crippen LogP contribution in [0.15, 0.2) is 30.3 Å². The molecule has 1 aliphatic carbocycles. The quantitative estimate of drug-likeness (QED) is 0.824. The summed E-state index contributed by atoms with van der Waals surface area (Å²) in [6.45, 7) is 5.20. The number of hydrogen-bond donors (Lipinski definition) is 2. The lowest BCUT2D eigenvalue weighted by atomic mass is 10.0. The molecule has 4 rings (SSSR count). The predicted octanol–water partition coefficient (Wildman–Crippen LogP) is 2.75. The van der Waals surface area contributed by atoms with E-state index in [1.807, 2.05) is 0 Å². The molecule has 0 bridgehead atoms. The molecule has 1 saturated carbocycles. The van der Waals surface area contributed by atoms with Crippen molar-refractivity contribution in [1.82, 2.24) is 20.4 Å². The van der Waals surface area contributed by atoms with E-state index in [2.05, 4.69) is 50.8 Å². The Morgan fingerprint density at radius 3 is 2.35 bits per heavy atom. The molecule has 142 valence electrons. The molecule has 3 aliphatic rings. The first-order valence-corrected chi connectivity index (χ1v) is 10.4. The zero-order chi connectivity index (χ0) is 17.8. The molecule has 1 unspecified atom stereocenters. The molecule has 2 aliphatic heterocycles. The van der Waals surface area contributed by atoms with Gasteiger partial charge in [-0.15, -0.1) is 0 Å². The van der Waals surface area contributed by atoms with Gasteiger partial charge in [0.1, 0.15) is 0 Å². The van der Waals surface area contributed by atoms with Crippen LogP contribution in [0.3, 0.4) is 0 Å². The second-order valence-electron chi connectivity index (χ2n) is 8.07. The Labute approximate surface area is 157 Å². The monoisotopic (exact) mass is 356 g/mol. The summed E-state index contributed by atoms with van der Waals surface area (Å²) in [5.74, 6) is 0. The van der Waals surface area contributed by atoms with E-state index < -0.39 is 0 Å². The van der Waals surface area contributed by atoms with Crippen molar-refractivity contribution in [3.63, 3.8) is 0 Å². The minimum atomic E-state index is -0.00463. The minimum Gasteiger partial charge on any atom is -0.336 e. The fourth-order valence-electron chi connectivity index (χ4n) is 4.46. The van der Waals surface area contributed by atoms with E-state index in [4.69, 9.17) is 0 Å². The van der Waals surface area contributed by atoms with Gasteiger partial charge in [-0.2, -0.15) is 0 Å². The lowest BCUT2D eigenvalue weighted by Gasteiger charge is -2.33. The highest BCUT2D eigenvalue weighted by Crippen LogP contribution is 2.29. The third kappa shape index (κ3) is 4.57. The number of carbonyl (C=O) groups excluding carboxylic acids is 1. The van der Waals surface area contributed by atoms with Gasteiger partial charge in [0.15, 0.2) is 0 Å². The number of amides is 2. The molecular weight excluding hydrogens is 324 g/mol. The van der Waals surface area contributed by atoms with E-state index in [9.17, 15) is 4.79 Å². The van der Waals surface area contributed by atoms with E-state index >= 15 is 0 Å². The number of nitrogens with zero attached hydrogens (tertiary/aromatic N) is 2. The van der Waals surface area contributed by atoms with Crippen LogP contribution in [0.1, 0.15) is 50.1 Å². The molecule has 26 heavy (non-hydrogen) atoms. The summed E-state index contributed by atoms with van der Waals surface area (Å²) in [6, 6.07) is 12.0. The summed E-state index contributed by atoms with van der Waals surface area (Å²) in [4.78, 5) is 17.5. The molecule has 5 heteroatoms. The lowest BCUT2D eigenvalue weighted by Crippen LogP contribution is -2.49. The average molecular weight is 357 g/mol. The Morgan fingerprint density at radius 1 is 1.00 bits per heavy atom. The van der Waals surface area contributed by atoms with Gasteiger partial charge in [0, 0.05) is 31.7 Å². The van der Waals surface area contributed by atoms with Crippen LogP contribution in [0.2, 0.25) is 0 Å². The number of benzene rings is 1. The molecule has 0 spiro atoms. The van der Waals surface area contributed by atoms with Crippen molar-refractivity contribution in [2.24, 2.45) is 0 Å². The van der Waals surface area contributed by atoms with Crippen LogP contribution < -0.4 is 10.6 Å². The lowest BCUT2D eigenvalue weighted by molar-refractivity contribution is 0.183. The number of piperidine rings is 1. The number of likely N-dealkylation sites (tertiary alicyclic amines) is 2. The first-order chi connectivity index (χ1) is 12.8. The van der Waals surface area contributed by atoms with Crippen molar-refractivity contribution >= 4 is 6.03 Å². The van der Waals surface area contributed by atoms with Crippen LogP contribution in [-0.4, -0.2) is 60.6 Å². The Morgan fingerprint density at radius 2 is 1.69 bits per heavy atom. The van der Waals surface area contributed by atoms with Gasteiger partial charge in [-0.05, 0) is 57.2 Å². The van der Waals surface area contributed by atoms with E-state index in [1.165, 1.54) is 31.2 Å². The smallest absolute Gasteiger partial charge is 0.315 e. The third-order valence-corrected chi connectivity index (χ3v) is 6.15. The second kappa shape index (κ2) is 8.40.